The van der Waals surface area contributed by atoms with Gasteiger partial charge in [0.05, 0.1) is 17.6 Å². The number of aromatic nitrogens is 2. The Kier molecular flexibility index (Phi) is 6.02. The van der Waals surface area contributed by atoms with Crippen LogP contribution in [0.4, 0.5) is 5.13 Å². The molecule has 0 aliphatic carbocycles. The molecule has 0 atom stereocenters. The average Bonchev–Trinajstić information content (AvgIpc) is 3.27. The summed E-state index contributed by atoms with van der Waals surface area (Å²) in [7, 11) is -2.60. The number of para-hydroxylation sites is 1. The van der Waals surface area contributed by atoms with Crippen molar-refractivity contribution in [2.45, 2.75) is 4.90 Å². The van der Waals surface area contributed by atoms with E-state index in [0.717, 1.165) is 22.7 Å². The lowest BCUT2D eigenvalue weighted by Crippen LogP contribution is -2.13. The van der Waals surface area contributed by atoms with Crippen molar-refractivity contribution in [3.8, 4) is 34.7 Å². The Morgan fingerprint density at radius 3 is 2.47 bits per heavy atom. The molecule has 1 N–H and O–H groups in total. The van der Waals surface area contributed by atoms with Gasteiger partial charge in [0.15, 0.2) is 0 Å². The summed E-state index contributed by atoms with van der Waals surface area (Å²) in [4.78, 5) is 3.79. The van der Waals surface area contributed by atoms with Crippen molar-refractivity contribution in [1.29, 1.82) is 5.26 Å². The predicted molar refractivity (Wildman–Crippen MR) is 120 cm³/mol. The third-order valence-electron chi connectivity index (χ3n) is 4.39. The highest BCUT2D eigenvalue weighted by Crippen LogP contribution is 2.35. The second-order valence-corrected chi connectivity index (χ2v) is 8.86. The monoisotopic (exact) mass is 464 g/mol. The van der Waals surface area contributed by atoms with Crippen LogP contribution >= 0.6 is 11.5 Å². The Hall–Kier alpha value is -3.94. The number of rotatable bonds is 7. The van der Waals surface area contributed by atoms with Gasteiger partial charge < -0.3 is 9.47 Å². The van der Waals surface area contributed by atoms with E-state index in [9.17, 15) is 13.7 Å². The molecule has 8 nitrogen and oxygen atoms in total. The highest BCUT2D eigenvalue weighted by Gasteiger charge is 2.20. The summed E-state index contributed by atoms with van der Waals surface area (Å²) < 4.78 is 42.5. The fraction of sp³-hybridized carbons (Fsp3) is 0.0455. The highest BCUT2D eigenvalue weighted by atomic mass is 32.2. The molecule has 0 saturated heterocycles. The van der Waals surface area contributed by atoms with Gasteiger partial charge in [-0.2, -0.15) is 10.2 Å². The SMILES string of the molecule is COc1nsc(NS(=O)(=O)c2ccc(Oc3ccccc3-c3ccccc3)c(C#N)c2)n1. The predicted octanol–water partition coefficient (Wildman–Crippen LogP) is 4.68. The summed E-state index contributed by atoms with van der Waals surface area (Å²) in [6.07, 6.45) is 0. The van der Waals surface area contributed by atoms with E-state index in [1.54, 1.807) is 6.07 Å². The zero-order chi connectivity index (χ0) is 22.6. The van der Waals surface area contributed by atoms with Gasteiger partial charge in [-0.25, -0.2) is 8.42 Å². The third-order valence-corrected chi connectivity index (χ3v) is 6.46. The summed E-state index contributed by atoms with van der Waals surface area (Å²) in [5.74, 6) is 0.789. The minimum Gasteiger partial charge on any atom is -0.466 e. The standard InChI is InChI=1S/C22H16N4O4S2/c1-29-21-24-22(31-25-21)26-32(27,28)17-11-12-19(16(13-17)14-23)30-20-10-6-5-9-18(20)15-7-3-2-4-8-15/h2-13H,1H3,(H,24,25,26). The van der Waals surface area contributed by atoms with E-state index in [-0.39, 0.29) is 27.4 Å². The molecule has 0 fully saturated rings. The molecule has 1 heterocycles. The van der Waals surface area contributed by atoms with Crippen LogP contribution in [0.3, 0.4) is 0 Å². The molecule has 0 amide bonds. The second-order valence-electron chi connectivity index (χ2n) is 6.43. The lowest BCUT2D eigenvalue weighted by Gasteiger charge is -2.13. The van der Waals surface area contributed by atoms with Crippen LogP contribution in [0.2, 0.25) is 0 Å². The summed E-state index contributed by atoms with van der Waals surface area (Å²) >= 11 is 0.844. The Balaban J connectivity index is 1.64. The summed E-state index contributed by atoms with van der Waals surface area (Å²) in [5.41, 5.74) is 1.88. The highest BCUT2D eigenvalue weighted by molar-refractivity contribution is 7.93. The number of methoxy groups -OCH3 is 1. The van der Waals surface area contributed by atoms with Crippen molar-refractivity contribution in [3.63, 3.8) is 0 Å². The molecule has 0 unspecified atom stereocenters. The fourth-order valence-electron chi connectivity index (χ4n) is 2.89. The molecule has 1 aromatic heterocycles. The molecule has 0 saturated carbocycles. The molecule has 0 spiro atoms. The van der Waals surface area contributed by atoms with Gasteiger partial charge in [-0.05, 0) is 29.8 Å². The van der Waals surface area contributed by atoms with Crippen LogP contribution < -0.4 is 14.2 Å². The van der Waals surface area contributed by atoms with Crippen molar-refractivity contribution in [2.24, 2.45) is 0 Å². The largest absolute Gasteiger partial charge is 0.466 e. The Bertz CT molecular complexity index is 1400. The van der Waals surface area contributed by atoms with Crippen molar-refractivity contribution in [1.82, 2.24) is 9.36 Å². The van der Waals surface area contributed by atoms with E-state index in [1.165, 1.54) is 25.3 Å². The summed E-state index contributed by atoms with van der Waals surface area (Å²) in [6, 6.07) is 23.2. The maximum atomic E-state index is 12.7. The molecule has 0 aliphatic heterocycles. The van der Waals surface area contributed by atoms with Crippen LogP contribution in [0.15, 0.2) is 77.7 Å². The molecule has 160 valence electrons. The molecule has 0 bridgehead atoms. The topological polar surface area (TPSA) is 114 Å². The van der Waals surface area contributed by atoms with Gasteiger partial charge in [0.25, 0.3) is 10.0 Å². The molecule has 32 heavy (non-hydrogen) atoms. The molecule has 0 radical (unpaired) electrons. The number of ether oxygens (including phenoxy) is 2. The number of sulfonamides is 1. The summed E-state index contributed by atoms with van der Waals surface area (Å²) in [5, 5.41) is 9.67. The van der Waals surface area contributed by atoms with Crippen LogP contribution in [0.5, 0.6) is 17.5 Å². The summed E-state index contributed by atoms with van der Waals surface area (Å²) in [6.45, 7) is 0. The van der Waals surface area contributed by atoms with E-state index in [0.29, 0.717) is 5.75 Å². The molecule has 4 rings (SSSR count). The van der Waals surface area contributed by atoms with Crippen molar-refractivity contribution in [3.05, 3.63) is 78.4 Å². The Labute approximate surface area is 188 Å². The van der Waals surface area contributed by atoms with E-state index >= 15 is 0 Å². The minimum absolute atomic E-state index is 0.0532. The van der Waals surface area contributed by atoms with Crippen LogP contribution in [0.25, 0.3) is 11.1 Å². The minimum atomic E-state index is -3.99. The van der Waals surface area contributed by atoms with E-state index in [1.807, 2.05) is 54.6 Å². The maximum Gasteiger partial charge on any atom is 0.329 e. The number of hydrogen-bond donors (Lipinski definition) is 1. The maximum absolute atomic E-state index is 12.7. The molecule has 10 heteroatoms. The van der Waals surface area contributed by atoms with Gasteiger partial charge in [0.1, 0.15) is 17.6 Å². The van der Waals surface area contributed by atoms with Crippen LogP contribution in [-0.2, 0) is 10.0 Å². The average molecular weight is 465 g/mol. The first-order valence-corrected chi connectivity index (χ1v) is 11.5. The molecule has 0 aliphatic rings. The number of nitrogens with one attached hydrogen (secondary N) is 1. The van der Waals surface area contributed by atoms with Crippen molar-refractivity contribution < 1.29 is 17.9 Å². The smallest absolute Gasteiger partial charge is 0.329 e. The fourth-order valence-corrected chi connectivity index (χ4v) is 4.68. The van der Waals surface area contributed by atoms with Gasteiger partial charge in [-0.3, -0.25) is 4.72 Å². The van der Waals surface area contributed by atoms with E-state index < -0.39 is 10.0 Å². The van der Waals surface area contributed by atoms with Crippen molar-refractivity contribution in [2.75, 3.05) is 11.8 Å². The van der Waals surface area contributed by atoms with Gasteiger partial charge in [-0.15, -0.1) is 4.37 Å². The van der Waals surface area contributed by atoms with Gasteiger partial charge >= 0.3 is 6.01 Å². The van der Waals surface area contributed by atoms with Crippen LogP contribution in [0.1, 0.15) is 5.56 Å². The number of nitrogens with zero attached hydrogens (tertiary/aromatic N) is 3. The lowest BCUT2D eigenvalue weighted by atomic mass is 10.0. The molecule has 3 aromatic carbocycles. The number of anilines is 1. The number of nitriles is 1. The normalized spacial score (nSPS) is 10.9. The zero-order valence-corrected chi connectivity index (χ0v) is 18.4. The number of hydrogen-bond acceptors (Lipinski definition) is 8. The molecule has 4 aromatic rings. The zero-order valence-electron chi connectivity index (χ0n) is 16.7. The first-order valence-electron chi connectivity index (χ1n) is 9.27. The van der Waals surface area contributed by atoms with Crippen molar-refractivity contribution >= 4 is 26.7 Å². The van der Waals surface area contributed by atoms with Gasteiger partial charge in [-0.1, -0.05) is 48.5 Å². The first-order chi connectivity index (χ1) is 15.5. The Morgan fingerprint density at radius 1 is 1.00 bits per heavy atom. The third kappa shape index (κ3) is 4.54. The van der Waals surface area contributed by atoms with Crippen LogP contribution in [-0.4, -0.2) is 24.9 Å². The number of benzene rings is 3. The van der Waals surface area contributed by atoms with Gasteiger partial charge in [0, 0.05) is 17.1 Å². The quantitative estimate of drug-likeness (QED) is 0.422. The molecular weight excluding hydrogens is 448 g/mol. The second kappa shape index (κ2) is 9.05. The first kappa shape index (κ1) is 21.3. The Morgan fingerprint density at radius 2 is 1.75 bits per heavy atom. The molecular formula is C22H16N4O4S2. The van der Waals surface area contributed by atoms with Crippen LogP contribution in [0, 0.1) is 11.3 Å². The van der Waals surface area contributed by atoms with E-state index in [2.05, 4.69) is 14.1 Å². The van der Waals surface area contributed by atoms with Gasteiger partial charge in [0.2, 0.25) is 5.13 Å². The lowest BCUT2D eigenvalue weighted by molar-refractivity contribution is 0.386. The van der Waals surface area contributed by atoms with E-state index in [4.69, 9.17) is 9.47 Å².